The third-order valence-electron chi connectivity index (χ3n) is 3.41. The molecule has 0 aliphatic heterocycles. The van der Waals surface area contributed by atoms with Crippen LogP contribution in [-0.2, 0) is 20.7 Å². The lowest BCUT2D eigenvalue weighted by Crippen LogP contribution is -2.11. The summed E-state index contributed by atoms with van der Waals surface area (Å²) in [5.74, 6) is 0.435. The highest BCUT2D eigenvalue weighted by Gasteiger charge is 2.27. The molecule has 1 aromatic heterocycles. The quantitative estimate of drug-likeness (QED) is 0.785. The lowest BCUT2D eigenvalue weighted by Gasteiger charge is -2.25. The molecule has 0 amide bonds. The van der Waals surface area contributed by atoms with Gasteiger partial charge in [0.1, 0.15) is 0 Å². The van der Waals surface area contributed by atoms with Crippen LogP contribution in [0.25, 0.3) is 0 Å². The lowest BCUT2D eigenvalue weighted by molar-refractivity contribution is -0.142. The van der Waals surface area contributed by atoms with E-state index in [1.807, 2.05) is 6.92 Å². The van der Waals surface area contributed by atoms with Crippen molar-refractivity contribution in [3.63, 3.8) is 0 Å². The molecule has 3 nitrogen and oxygen atoms in total. The molecule has 2 atom stereocenters. The first kappa shape index (κ1) is 13.6. The van der Waals surface area contributed by atoms with Crippen molar-refractivity contribution in [1.82, 2.24) is 0 Å². The average Bonchev–Trinajstić information content (AvgIpc) is 2.74. The molecular formula is C14H20O3S. The van der Waals surface area contributed by atoms with Gasteiger partial charge in [-0.25, -0.2) is 0 Å². The highest BCUT2D eigenvalue weighted by Crippen LogP contribution is 2.43. The third kappa shape index (κ3) is 2.75. The van der Waals surface area contributed by atoms with Crippen molar-refractivity contribution in [2.45, 2.75) is 45.1 Å². The number of esters is 1. The predicted molar refractivity (Wildman–Crippen MR) is 72.1 cm³/mol. The standard InChI is InChI=1S/C14H20O3S/c1-4-17-13(15)8-10-7-11-12(16-3)6-5-9(2)14(11)18-10/h7,9,12H,4-6,8H2,1-3H3. The van der Waals surface area contributed by atoms with E-state index >= 15 is 0 Å². The van der Waals surface area contributed by atoms with Gasteiger partial charge in [0.05, 0.1) is 19.1 Å². The summed E-state index contributed by atoms with van der Waals surface area (Å²) in [6, 6.07) is 2.13. The zero-order valence-corrected chi connectivity index (χ0v) is 12.0. The molecule has 0 spiro atoms. The Morgan fingerprint density at radius 2 is 2.28 bits per heavy atom. The van der Waals surface area contributed by atoms with Crippen LogP contribution in [0.5, 0.6) is 0 Å². The van der Waals surface area contributed by atoms with Gasteiger partial charge in [-0.05, 0) is 37.3 Å². The molecule has 0 saturated heterocycles. The molecule has 0 saturated carbocycles. The minimum atomic E-state index is -0.141. The van der Waals surface area contributed by atoms with Crippen molar-refractivity contribution in [3.8, 4) is 0 Å². The number of rotatable bonds is 4. The maximum Gasteiger partial charge on any atom is 0.311 e. The zero-order valence-electron chi connectivity index (χ0n) is 11.2. The van der Waals surface area contributed by atoms with Gasteiger partial charge < -0.3 is 9.47 Å². The number of methoxy groups -OCH3 is 1. The topological polar surface area (TPSA) is 35.5 Å². The molecule has 1 heterocycles. The first-order valence-electron chi connectivity index (χ1n) is 6.46. The Balaban J connectivity index is 2.18. The van der Waals surface area contributed by atoms with Crippen molar-refractivity contribution in [2.24, 2.45) is 0 Å². The summed E-state index contributed by atoms with van der Waals surface area (Å²) in [4.78, 5) is 14.0. The number of carbonyl (C=O) groups is 1. The second-order valence-corrected chi connectivity index (χ2v) is 5.89. The van der Waals surface area contributed by atoms with Gasteiger partial charge in [0.15, 0.2) is 0 Å². The highest BCUT2D eigenvalue weighted by molar-refractivity contribution is 7.12. The summed E-state index contributed by atoms with van der Waals surface area (Å²) in [5, 5.41) is 0. The van der Waals surface area contributed by atoms with Crippen LogP contribution in [0.4, 0.5) is 0 Å². The van der Waals surface area contributed by atoms with Gasteiger partial charge in [-0.1, -0.05) is 6.92 Å². The molecular weight excluding hydrogens is 248 g/mol. The predicted octanol–water partition coefficient (Wildman–Crippen LogP) is 3.44. The summed E-state index contributed by atoms with van der Waals surface area (Å²) in [6.07, 6.45) is 2.81. The molecule has 0 fully saturated rings. The Labute approximate surface area is 112 Å². The molecule has 0 radical (unpaired) electrons. The molecule has 0 aromatic carbocycles. The van der Waals surface area contributed by atoms with Crippen molar-refractivity contribution in [3.05, 3.63) is 21.4 Å². The molecule has 2 unspecified atom stereocenters. The van der Waals surface area contributed by atoms with Crippen LogP contribution in [0, 0.1) is 0 Å². The van der Waals surface area contributed by atoms with E-state index in [9.17, 15) is 4.79 Å². The van der Waals surface area contributed by atoms with E-state index in [-0.39, 0.29) is 12.1 Å². The fourth-order valence-corrected chi connectivity index (χ4v) is 3.77. The van der Waals surface area contributed by atoms with Gasteiger partial charge in [-0.2, -0.15) is 0 Å². The number of hydrogen-bond donors (Lipinski definition) is 0. The highest BCUT2D eigenvalue weighted by atomic mass is 32.1. The number of fused-ring (bicyclic) bond motifs is 1. The zero-order chi connectivity index (χ0) is 13.1. The Morgan fingerprint density at radius 3 is 2.94 bits per heavy atom. The molecule has 0 N–H and O–H groups in total. The van der Waals surface area contributed by atoms with Gasteiger partial charge in [0.25, 0.3) is 0 Å². The summed E-state index contributed by atoms with van der Waals surface area (Å²) >= 11 is 1.74. The monoisotopic (exact) mass is 268 g/mol. The number of carbonyl (C=O) groups excluding carboxylic acids is 1. The Bertz CT molecular complexity index is 425. The summed E-state index contributed by atoms with van der Waals surface area (Å²) in [5.41, 5.74) is 1.28. The molecule has 4 heteroatoms. The summed E-state index contributed by atoms with van der Waals surface area (Å²) < 4.78 is 10.5. The largest absolute Gasteiger partial charge is 0.466 e. The molecule has 0 bridgehead atoms. The van der Waals surface area contributed by atoms with E-state index in [0.29, 0.717) is 18.9 Å². The van der Waals surface area contributed by atoms with E-state index in [1.165, 1.54) is 10.4 Å². The van der Waals surface area contributed by atoms with Gasteiger partial charge >= 0.3 is 5.97 Å². The second kappa shape index (κ2) is 5.85. The van der Waals surface area contributed by atoms with Crippen molar-refractivity contribution >= 4 is 17.3 Å². The molecule has 1 aliphatic rings. The van der Waals surface area contributed by atoms with Crippen LogP contribution in [0.1, 0.15) is 54.0 Å². The summed E-state index contributed by atoms with van der Waals surface area (Å²) in [7, 11) is 1.76. The molecule has 1 aliphatic carbocycles. The minimum Gasteiger partial charge on any atom is -0.466 e. The maximum absolute atomic E-state index is 11.5. The van der Waals surface area contributed by atoms with E-state index in [4.69, 9.17) is 9.47 Å². The van der Waals surface area contributed by atoms with Crippen LogP contribution >= 0.6 is 11.3 Å². The van der Waals surface area contributed by atoms with Crippen LogP contribution in [0.3, 0.4) is 0 Å². The van der Waals surface area contributed by atoms with Gasteiger partial charge in [0, 0.05) is 16.9 Å². The van der Waals surface area contributed by atoms with Gasteiger partial charge in [-0.3, -0.25) is 4.79 Å². The SMILES string of the molecule is CCOC(=O)Cc1cc2c(s1)C(C)CCC2OC. The summed E-state index contributed by atoms with van der Waals surface area (Å²) in [6.45, 7) is 4.52. The first-order chi connectivity index (χ1) is 8.65. The third-order valence-corrected chi connectivity index (χ3v) is 4.79. The Morgan fingerprint density at radius 1 is 1.50 bits per heavy atom. The van der Waals surface area contributed by atoms with E-state index in [0.717, 1.165) is 17.7 Å². The van der Waals surface area contributed by atoms with Crippen LogP contribution in [0.15, 0.2) is 6.07 Å². The van der Waals surface area contributed by atoms with Crippen molar-refractivity contribution in [2.75, 3.05) is 13.7 Å². The first-order valence-corrected chi connectivity index (χ1v) is 7.28. The van der Waals surface area contributed by atoms with Crippen molar-refractivity contribution in [1.29, 1.82) is 0 Å². The fourth-order valence-electron chi connectivity index (χ4n) is 2.49. The van der Waals surface area contributed by atoms with Gasteiger partial charge in [0.2, 0.25) is 0 Å². The van der Waals surface area contributed by atoms with Gasteiger partial charge in [-0.15, -0.1) is 11.3 Å². The Hall–Kier alpha value is -0.870. The smallest absolute Gasteiger partial charge is 0.311 e. The van der Waals surface area contributed by atoms with Crippen LogP contribution in [0.2, 0.25) is 0 Å². The normalized spacial score (nSPS) is 22.6. The number of thiophene rings is 1. The molecule has 18 heavy (non-hydrogen) atoms. The van der Waals surface area contributed by atoms with Crippen LogP contribution in [-0.4, -0.2) is 19.7 Å². The maximum atomic E-state index is 11.5. The number of ether oxygens (including phenoxy) is 2. The van der Waals surface area contributed by atoms with Crippen LogP contribution < -0.4 is 0 Å². The number of hydrogen-bond acceptors (Lipinski definition) is 4. The minimum absolute atomic E-state index is 0.141. The van der Waals surface area contributed by atoms with Crippen molar-refractivity contribution < 1.29 is 14.3 Å². The van der Waals surface area contributed by atoms with E-state index in [2.05, 4.69) is 13.0 Å². The second-order valence-electron chi connectivity index (χ2n) is 4.72. The molecule has 100 valence electrons. The van der Waals surface area contributed by atoms with E-state index in [1.54, 1.807) is 18.4 Å². The fraction of sp³-hybridized carbons (Fsp3) is 0.643. The average molecular weight is 268 g/mol. The van der Waals surface area contributed by atoms with E-state index < -0.39 is 0 Å². The lowest BCUT2D eigenvalue weighted by atomic mass is 9.88. The Kier molecular flexibility index (Phi) is 4.40. The molecule has 2 rings (SSSR count). The molecule has 1 aromatic rings.